The van der Waals surface area contributed by atoms with Crippen LogP contribution in [0.25, 0.3) is 0 Å². The standard InChI is InChI=1S/C17H28N2O/c1-19(16(20)17(10-18)3-2-4-17)15-13-6-11-5-12(8-13)9-14(15)7-11/h11-15H,2-10,18H2,1H3. The monoisotopic (exact) mass is 276 g/mol. The van der Waals surface area contributed by atoms with Crippen molar-refractivity contribution in [1.82, 2.24) is 4.90 Å². The lowest BCUT2D eigenvalue weighted by Gasteiger charge is -2.57. The summed E-state index contributed by atoms with van der Waals surface area (Å²) in [5.74, 6) is 3.89. The highest BCUT2D eigenvalue weighted by atomic mass is 16.2. The average Bonchev–Trinajstić information content (AvgIpc) is 2.36. The first-order chi connectivity index (χ1) is 9.63. The van der Waals surface area contributed by atoms with Gasteiger partial charge < -0.3 is 10.6 Å². The molecule has 0 unspecified atom stereocenters. The molecule has 0 aromatic carbocycles. The summed E-state index contributed by atoms with van der Waals surface area (Å²) in [6.07, 6.45) is 10.2. The van der Waals surface area contributed by atoms with Crippen molar-refractivity contribution in [2.45, 2.75) is 57.4 Å². The van der Waals surface area contributed by atoms with E-state index in [0.29, 0.717) is 18.5 Å². The van der Waals surface area contributed by atoms with Gasteiger partial charge in [-0.05, 0) is 68.6 Å². The SMILES string of the molecule is CN(C(=O)C1(CN)CCC1)C1C2CC3CC(C2)CC1C3. The van der Waals surface area contributed by atoms with Crippen LogP contribution in [0.2, 0.25) is 0 Å². The minimum absolute atomic E-state index is 0.191. The van der Waals surface area contributed by atoms with Crippen LogP contribution < -0.4 is 5.73 Å². The number of carbonyl (C=O) groups is 1. The molecular formula is C17H28N2O. The predicted molar refractivity (Wildman–Crippen MR) is 78.9 cm³/mol. The zero-order chi connectivity index (χ0) is 13.9. The van der Waals surface area contributed by atoms with Crippen molar-refractivity contribution in [3.05, 3.63) is 0 Å². The lowest BCUT2D eigenvalue weighted by molar-refractivity contribution is -0.156. The summed E-state index contributed by atoms with van der Waals surface area (Å²) in [6, 6.07) is 0.527. The van der Waals surface area contributed by atoms with Crippen molar-refractivity contribution in [2.75, 3.05) is 13.6 Å². The van der Waals surface area contributed by atoms with Gasteiger partial charge in [-0.1, -0.05) is 6.42 Å². The van der Waals surface area contributed by atoms with Gasteiger partial charge in [-0.25, -0.2) is 0 Å². The molecule has 5 aliphatic carbocycles. The van der Waals surface area contributed by atoms with E-state index in [0.717, 1.165) is 36.5 Å². The second kappa shape index (κ2) is 4.46. The maximum atomic E-state index is 12.9. The predicted octanol–water partition coefficient (Wildman–Crippen LogP) is 2.40. The highest BCUT2D eigenvalue weighted by Gasteiger charge is 2.53. The Kier molecular flexibility index (Phi) is 2.93. The number of rotatable bonds is 3. The quantitative estimate of drug-likeness (QED) is 0.860. The zero-order valence-corrected chi connectivity index (χ0v) is 12.7. The Morgan fingerprint density at radius 2 is 1.65 bits per heavy atom. The van der Waals surface area contributed by atoms with E-state index in [1.54, 1.807) is 0 Å². The summed E-state index contributed by atoms with van der Waals surface area (Å²) >= 11 is 0. The van der Waals surface area contributed by atoms with E-state index in [4.69, 9.17) is 5.73 Å². The third-order valence-corrected chi connectivity index (χ3v) is 7.10. The van der Waals surface area contributed by atoms with Crippen LogP contribution >= 0.6 is 0 Å². The van der Waals surface area contributed by atoms with Crippen LogP contribution in [0.15, 0.2) is 0 Å². The highest BCUT2D eigenvalue weighted by molar-refractivity contribution is 5.84. The molecular weight excluding hydrogens is 248 g/mol. The molecule has 112 valence electrons. The second-order valence-electron chi connectivity index (χ2n) is 8.18. The Balaban J connectivity index is 1.54. The molecule has 0 radical (unpaired) electrons. The fourth-order valence-corrected chi connectivity index (χ4v) is 6.15. The Morgan fingerprint density at radius 1 is 1.10 bits per heavy atom. The number of hydrogen-bond acceptors (Lipinski definition) is 2. The molecule has 5 fully saturated rings. The fourth-order valence-electron chi connectivity index (χ4n) is 6.15. The van der Waals surface area contributed by atoms with Gasteiger partial charge in [0.2, 0.25) is 5.91 Å². The lowest BCUT2D eigenvalue weighted by atomic mass is 9.53. The van der Waals surface area contributed by atoms with Crippen LogP contribution in [-0.4, -0.2) is 30.4 Å². The first-order valence-electron chi connectivity index (χ1n) is 8.60. The maximum absolute atomic E-state index is 12.9. The number of hydrogen-bond donors (Lipinski definition) is 1. The number of amides is 1. The molecule has 0 heterocycles. The summed E-state index contributed by atoms with van der Waals surface area (Å²) in [7, 11) is 2.07. The molecule has 0 saturated heterocycles. The lowest BCUT2D eigenvalue weighted by Crippen LogP contribution is -2.60. The van der Waals surface area contributed by atoms with E-state index in [1.165, 1.54) is 38.5 Å². The summed E-state index contributed by atoms with van der Waals surface area (Å²) in [4.78, 5) is 15.1. The molecule has 4 bridgehead atoms. The van der Waals surface area contributed by atoms with E-state index in [2.05, 4.69) is 11.9 Å². The van der Waals surface area contributed by atoms with Gasteiger partial charge in [0.15, 0.2) is 0 Å². The van der Waals surface area contributed by atoms with Crippen LogP contribution in [0.3, 0.4) is 0 Å². The Morgan fingerprint density at radius 3 is 2.05 bits per heavy atom. The highest BCUT2D eigenvalue weighted by Crippen LogP contribution is 2.55. The molecule has 3 nitrogen and oxygen atoms in total. The van der Waals surface area contributed by atoms with Crippen molar-refractivity contribution in [3.63, 3.8) is 0 Å². The van der Waals surface area contributed by atoms with Crippen LogP contribution in [0.4, 0.5) is 0 Å². The molecule has 20 heavy (non-hydrogen) atoms. The van der Waals surface area contributed by atoms with E-state index in [-0.39, 0.29) is 5.41 Å². The van der Waals surface area contributed by atoms with Crippen LogP contribution in [0.1, 0.15) is 51.4 Å². The van der Waals surface area contributed by atoms with Gasteiger partial charge in [0.05, 0.1) is 5.41 Å². The summed E-state index contributed by atoms with van der Waals surface area (Å²) in [6.45, 7) is 0.545. The van der Waals surface area contributed by atoms with Crippen molar-refractivity contribution >= 4 is 5.91 Å². The number of carbonyl (C=O) groups excluding carboxylic acids is 1. The molecule has 5 saturated carbocycles. The molecule has 3 heteroatoms. The Labute approximate surface area is 122 Å². The summed E-state index contributed by atoms with van der Waals surface area (Å²) in [5.41, 5.74) is 5.74. The molecule has 5 rings (SSSR count). The molecule has 1 amide bonds. The molecule has 0 aromatic heterocycles. The van der Waals surface area contributed by atoms with E-state index in [9.17, 15) is 4.79 Å². The largest absolute Gasteiger partial charge is 0.342 e. The summed E-state index contributed by atoms with van der Waals surface area (Å²) < 4.78 is 0. The smallest absolute Gasteiger partial charge is 0.230 e. The van der Waals surface area contributed by atoms with Crippen LogP contribution in [-0.2, 0) is 4.79 Å². The molecule has 2 N–H and O–H groups in total. The third kappa shape index (κ3) is 1.71. The molecule has 5 aliphatic rings. The van der Waals surface area contributed by atoms with E-state index < -0.39 is 0 Å². The first kappa shape index (κ1) is 13.1. The molecule has 0 aromatic rings. The van der Waals surface area contributed by atoms with Crippen molar-refractivity contribution in [3.8, 4) is 0 Å². The zero-order valence-electron chi connectivity index (χ0n) is 12.7. The first-order valence-corrected chi connectivity index (χ1v) is 8.60. The van der Waals surface area contributed by atoms with Crippen molar-refractivity contribution in [1.29, 1.82) is 0 Å². The van der Waals surface area contributed by atoms with Crippen LogP contribution in [0, 0.1) is 29.1 Å². The van der Waals surface area contributed by atoms with Crippen molar-refractivity contribution < 1.29 is 4.79 Å². The van der Waals surface area contributed by atoms with Gasteiger partial charge in [-0.2, -0.15) is 0 Å². The molecule has 0 aliphatic heterocycles. The van der Waals surface area contributed by atoms with Gasteiger partial charge >= 0.3 is 0 Å². The normalized spacial score (nSPS) is 44.2. The van der Waals surface area contributed by atoms with Crippen LogP contribution in [0.5, 0.6) is 0 Å². The van der Waals surface area contributed by atoms with E-state index >= 15 is 0 Å². The minimum atomic E-state index is -0.191. The van der Waals surface area contributed by atoms with Gasteiger partial charge in [-0.15, -0.1) is 0 Å². The van der Waals surface area contributed by atoms with Crippen molar-refractivity contribution in [2.24, 2.45) is 34.8 Å². The third-order valence-electron chi connectivity index (χ3n) is 7.10. The Hall–Kier alpha value is -0.570. The average molecular weight is 276 g/mol. The number of nitrogens with zero attached hydrogens (tertiary/aromatic N) is 1. The second-order valence-corrected chi connectivity index (χ2v) is 8.18. The topological polar surface area (TPSA) is 46.3 Å². The number of nitrogens with two attached hydrogens (primary N) is 1. The molecule has 0 atom stereocenters. The minimum Gasteiger partial charge on any atom is -0.342 e. The van der Waals surface area contributed by atoms with E-state index in [1.807, 2.05) is 0 Å². The van der Waals surface area contributed by atoms with Gasteiger partial charge in [0, 0.05) is 19.6 Å². The van der Waals surface area contributed by atoms with Gasteiger partial charge in [-0.3, -0.25) is 4.79 Å². The van der Waals surface area contributed by atoms with Gasteiger partial charge in [0.25, 0.3) is 0 Å². The summed E-state index contributed by atoms with van der Waals surface area (Å²) in [5, 5.41) is 0. The maximum Gasteiger partial charge on any atom is 0.230 e. The Bertz CT molecular complexity index is 382. The fraction of sp³-hybridized carbons (Fsp3) is 0.941. The van der Waals surface area contributed by atoms with Gasteiger partial charge in [0.1, 0.15) is 0 Å². The molecule has 0 spiro atoms.